The predicted molar refractivity (Wildman–Crippen MR) is 139 cm³/mol. The van der Waals surface area contributed by atoms with Gasteiger partial charge in [-0.05, 0) is 37.6 Å². The monoisotopic (exact) mass is 524 g/mol. The minimum atomic E-state index is -4.29. The molecule has 0 spiro atoms. The fourth-order valence-corrected chi connectivity index (χ4v) is 5.12. The molecule has 3 rings (SSSR count). The van der Waals surface area contributed by atoms with Gasteiger partial charge in [0.15, 0.2) is 0 Å². The number of non-ortho nitro benzene ring substituents is 1. The van der Waals surface area contributed by atoms with Crippen LogP contribution in [0.2, 0.25) is 0 Å². The van der Waals surface area contributed by atoms with Crippen molar-refractivity contribution in [2.75, 3.05) is 17.4 Å². The Bertz CT molecular complexity index is 1350. The first-order chi connectivity index (χ1) is 17.6. The van der Waals surface area contributed by atoms with Gasteiger partial charge >= 0.3 is 0 Å². The molecule has 2 amide bonds. The molecule has 0 fully saturated rings. The maximum atomic E-state index is 13.7. The van der Waals surface area contributed by atoms with E-state index in [9.17, 15) is 28.1 Å². The molecule has 0 heterocycles. The SMILES string of the molecule is CCNC(=O)[C@@H](C)N(Cc1ccccc1)C(=O)CN(c1cccc([N+](=O)[O-])c1)S(=O)(=O)c1ccccc1. The minimum Gasteiger partial charge on any atom is -0.355 e. The number of hydrogen-bond donors (Lipinski definition) is 1. The van der Waals surface area contributed by atoms with Crippen molar-refractivity contribution in [2.24, 2.45) is 0 Å². The summed E-state index contributed by atoms with van der Waals surface area (Å²) >= 11 is 0. The lowest BCUT2D eigenvalue weighted by molar-refractivity contribution is -0.384. The van der Waals surface area contributed by atoms with Gasteiger partial charge in [-0.15, -0.1) is 0 Å². The molecule has 3 aromatic rings. The summed E-state index contributed by atoms with van der Waals surface area (Å²) in [6, 6.07) is 20.7. The third-order valence-electron chi connectivity index (χ3n) is 5.65. The van der Waals surface area contributed by atoms with Gasteiger partial charge in [0, 0.05) is 25.2 Å². The van der Waals surface area contributed by atoms with Crippen molar-refractivity contribution in [3.8, 4) is 0 Å². The van der Waals surface area contributed by atoms with Gasteiger partial charge in [0.05, 0.1) is 15.5 Å². The van der Waals surface area contributed by atoms with Crippen LogP contribution in [-0.4, -0.2) is 49.2 Å². The standard InChI is InChI=1S/C26H28N4O6S/c1-3-27-26(32)20(2)28(18-21-11-6-4-7-12-21)25(31)19-29(22-13-10-14-23(17-22)30(33)34)37(35,36)24-15-8-5-9-16-24/h4-17,20H,3,18-19H2,1-2H3,(H,27,32)/t20-/m1/s1. The normalized spacial score (nSPS) is 11.8. The van der Waals surface area contributed by atoms with E-state index in [0.717, 1.165) is 15.9 Å². The first-order valence-electron chi connectivity index (χ1n) is 11.6. The second-order valence-corrected chi connectivity index (χ2v) is 10.0. The maximum absolute atomic E-state index is 13.7. The first-order valence-corrected chi connectivity index (χ1v) is 13.0. The van der Waals surface area contributed by atoms with Crippen molar-refractivity contribution >= 4 is 33.2 Å². The number of hydrogen-bond acceptors (Lipinski definition) is 6. The van der Waals surface area contributed by atoms with E-state index in [0.29, 0.717) is 6.54 Å². The van der Waals surface area contributed by atoms with Crippen molar-refractivity contribution in [3.63, 3.8) is 0 Å². The summed E-state index contributed by atoms with van der Waals surface area (Å²) in [4.78, 5) is 38.3. The smallest absolute Gasteiger partial charge is 0.271 e. The quantitative estimate of drug-likeness (QED) is 0.302. The van der Waals surface area contributed by atoms with Gasteiger partial charge in [0.25, 0.3) is 15.7 Å². The van der Waals surface area contributed by atoms with E-state index in [1.54, 1.807) is 56.3 Å². The van der Waals surface area contributed by atoms with E-state index in [4.69, 9.17) is 0 Å². The van der Waals surface area contributed by atoms with Crippen LogP contribution in [-0.2, 0) is 26.2 Å². The van der Waals surface area contributed by atoms with E-state index in [1.807, 2.05) is 6.07 Å². The van der Waals surface area contributed by atoms with E-state index in [1.165, 1.54) is 35.2 Å². The molecule has 10 nitrogen and oxygen atoms in total. The molecule has 0 aliphatic heterocycles. The van der Waals surface area contributed by atoms with Crippen LogP contribution in [0.4, 0.5) is 11.4 Å². The number of benzene rings is 3. The average Bonchev–Trinajstić information content (AvgIpc) is 2.91. The van der Waals surface area contributed by atoms with Gasteiger partial charge in [-0.25, -0.2) is 8.42 Å². The Morgan fingerprint density at radius 1 is 0.973 bits per heavy atom. The number of likely N-dealkylation sites (N-methyl/N-ethyl adjacent to an activating group) is 1. The van der Waals surface area contributed by atoms with E-state index >= 15 is 0 Å². The molecule has 37 heavy (non-hydrogen) atoms. The topological polar surface area (TPSA) is 130 Å². The number of sulfonamides is 1. The molecule has 0 unspecified atom stereocenters. The molecule has 3 aromatic carbocycles. The second kappa shape index (κ2) is 12.1. The number of nitrogens with one attached hydrogen (secondary N) is 1. The third kappa shape index (κ3) is 6.70. The highest BCUT2D eigenvalue weighted by atomic mass is 32.2. The number of nitro groups is 1. The molecular formula is C26H28N4O6S. The molecular weight excluding hydrogens is 496 g/mol. The fourth-order valence-electron chi connectivity index (χ4n) is 3.69. The highest BCUT2D eigenvalue weighted by Gasteiger charge is 2.32. The molecule has 0 bridgehead atoms. The summed E-state index contributed by atoms with van der Waals surface area (Å²) in [5.41, 5.74) is 0.381. The van der Waals surface area contributed by atoms with Crippen LogP contribution in [0.15, 0.2) is 89.8 Å². The predicted octanol–water partition coefficient (Wildman–Crippen LogP) is 3.34. The Balaban J connectivity index is 2.05. The van der Waals surface area contributed by atoms with Crippen molar-refractivity contribution < 1.29 is 22.9 Å². The van der Waals surface area contributed by atoms with Crippen LogP contribution in [0.5, 0.6) is 0 Å². The fraction of sp³-hybridized carbons (Fsp3) is 0.231. The summed E-state index contributed by atoms with van der Waals surface area (Å²) in [7, 11) is -4.29. The number of nitro benzene ring substituents is 1. The largest absolute Gasteiger partial charge is 0.355 e. The maximum Gasteiger partial charge on any atom is 0.271 e. The summed E-state index contributed by atoms with van der Waals surface area (Å²) in [5.74, 6) is -1.03. The summed E-state index contributed by atoms with van der Waals surface area (Å²) in [6.07, 6.45) is 0. The summed E-state index contributed by atoms with van der Waals surface area (Å²) in [6.45, 7) is 3.07. The van der Waals surface area contributed by atoms with Crippen LogP contribution in [0.25, 0.3) is 0 Å². The van der Waals surface area contributed by atoms with Crippen LogP contribution < -0.4 is 9.62 Å². The van der Waals surface area contributed by atoms with E-state index in [2.05, 4.69) is 5.32 Å². The Morgan fingerprint density at radius 3 is 2.19 bits per heavy atom. The van der Waals surface area contributed by atoms with Crippen LogP contribution >= 0.6 is 0 Å². The number of amides is 2. The number of carbonyl (C=O) groups is 2. The van der Waals surface area contributed by atoms with Gasteiger partial charge in [-0.3, -0.25) is 24.0 Å². The van der Waals surface area contributed by atoms with Gasteiger partial charge in [-0.1, -0.05) is 54.6 Å². The molecule has 0 saturated carbocycles. The van der Waals surface area contributed by atoms with Crippen molar-refractivity contribution in [3.05, 3.63) is 101 Å². The molecule has 0 aromatic heterocycles. The molecule has 194 valence electrons. The zero-order chi connectivity index (χ0) is 27.0. The van der Waals surface area contributed by atoms with Crippen molar-refractivity contribution in [1.29, 1.82) is 0 Å². The number of nitrogens with zero attached hydrogens (tertiary/aromatic N) is 3. The lowest BCUT2D eigenvalue weighted by Gasteiger charge is -2.32. The molecule has 1 atom stereocenters. The van der Waals surface area contributed by atoms with E-state index < -0.39 is 33.4 Å². The van der Waals surface area contributed by atoms with Gasteiger partial charge < -0.3 is 10.2 Å². The first kappa shape index (κ1) is 27.3. The highest BCUT2D eigenvalue weighted by molar-refractivity contribution is 7.92. The Labute approximate surface area is 215 Å². The van der Waals surface area contributed by atoms with E-state index in [-0.39, 0.29) is 28.7 Å². The minimum absolute atomic E-state index is 0.0447. The van der Waals surface area contributed by atoms with Crippen molar-refractivity contribution in [2.45, 2.75) is 31.3 Å². The van der Waals surface area contributed by atoms with Crippen molar-refractivity contribution in [1.82, 2.24) is 10.2 Å². The molecule has 0 radical (unpaired) electrons. The van der Waals surface area contributed by atoms with Crippen LogP contribution in [0, 0.1) is 10.1 Å². The lowest BCUT2D eigenvalue weighted by atomic mass is 10.1. The van der Waals surface area contributed by atoms with Crippen LogP contribution in [0.1, 0.15) is 19.4 Å². The Kier molecular flexibility index (Phi) is 8.96. The zero-order valence-corrected chi connectivity index (χ0v) is 21.3. The molecule has 0 aliphatic rings. The number of rotatable bonds is 11. The second-order valence-electron chi connectivity index (χ2n) is 8.18. The van der Waals surface area contributed by atoms with Gasteiger partial charge in [0.1, 0.15) is 12.6 Å². The van der Waals surface area contributed by atoms with Crippen LogP contribution in [0.3, 0.4) is 0 Å². The lowest BCUT2D eigenvalue weighted by Crippen LogP contribution is -2.51. The van der Waals surface area contributed by atoms with Gasteiger partial charge in [-0.2, -0.15) is 0 Å². The molecule has 0 aliphatic carbocycles. The average molecular weight is 525 g/mol. The summed E-state index contributed by atoms with van der Waals surface area (Å²) < 4.78 is 28.1. The highest BCUT2D eigenvalue weighted by Crippen LogP contribution is 2.27. The Hall–Kier alpha value is -4.25. The number of carbonyl (C=O) groups excluding carboxylic acids is 2. The third-order valence-corrected chi connectivity index (χ3v) is 7.44. The summed E-state index contributed by atoms with van der Waals surface area (Å²) in [5, 5.41) is 14.1. The molecule has 0 saturated heterocycles. The zero-order valence-electron chi connectivity index (χ0n) is 20.5. The Morgan fingerprint density at radius 2 is 1.59 bits per heavy atom. The molecule has 11 heteroatoms. The molecule has 1 N–H and O–H groups in total. The van der Waals surface area contributed by atoms with Gasteiger partial charge in [0.2, 0.25) is 11.8 Å². The number of anilines is 1.